The number of hydrogen-bond acceptors (Lipinski definition) is 6. The Labute approximate surface area is 130 Å². The van der Waals surface area contributed by atoms with Crippen LogP contribution < -0.4 is 16.2 Å². The molecule has 0 aliphatic rings. The van der Waals surface area contributed by atoms with Crippen molar-refractivity contribution in [1.82, 2.24) is 15.1 Å². The van der Waals surface area contributed by atoms with Crippen molar-refractivity contribution in [3.63, 3.8) is 0 Å². The second-order valence-electron chi connectivity index (χ2n) is 4.27. The molecule has 1 amide bonds. The first-order valence-corrected chi connectivity index (χ1v) is 7.20. The number of carbonyl (C=O) groups is 1. The molecule has 0 saturated heterocycles. The summed E-state index contributed by atoms with van der Waals surface area (Å²) in [6, 6.07) is -0.534. The second-order valence-corrected chi connectivity index (χ2v) is 5.07. The molecule has 1 atom stereocenters. The van der Waals surface area contributed by atoms with E-state index in [0.29, 0.717) is 18.8 Å². The quantitative estimate of drug-likeness (QED) is 0.541. The highest BCUT2D eigenvalue weighted by molar-refractivity contribution is 9.10. The highest BCUT2D eigenvalue weighted by Gasteiger charge is 2.15. The summed E-state index contributed by atoms with van der Waals surface area (Å²) in [7, 11) is 1.55. The van der Waals surface area contributed by atoms with Gasteiger partial charge in [-0.1, -0.05) is 0 Å². The zero-order valence-corrected chi connectivity index (χ0v) is 13.5. The minimum Gasteiger partial charge on any atom is -0.394 e. The van der Waals surface area contributed by atoms with E-state index in [9.17, 15) is 9.59 Å². The number of nitrogens with zero attached hydrogens (tertiary/aromatic N) is 2. The number of anilines is 1. The number of amides is 1. The summed E-state index contributed by atoms with van der Waals surface area (Å²) in [6.07, 6.45) is 1.43. The molecule has 8 nitrogen and oxygen atoms in total. The summed E-state index contributed by atoms with van der Waals surface area (Å²) in [5, 5.41) is 18.3. The number of aliphatic hydroxyl groups is 1. The monoisotopic (exact) mass is 362 g/mol. The van der Waals surface area contributed by atoms with E-state index in [-0.39, 0.29) is 29.1 Å². The molecule has 9 heteroatoms. The van der Waals surface area contributed by atoms with Crippen molar-refractivity contribution in [2.24, 2.45) is 0 Å². The van der Waals surface area contributed by atoms with E-state index in [1.807, 2.05) is 0 Å². The Hall–Kier alpha value is -1.45. The van der Waals surface area contributed by atoms with Crippen LogP contribution in [0.15, 0.2) is 15.5 Å². The van der Waals surface area contributed by atoms with Gasteiger partial charge in [0.2, 0.25) is 5.91 Å². The average Bonchev–Trinajstić information content (AvgIpc) is 2.47. The summed E-state index contributed by atoms with van der Waals surface area (Å²) < 4.78 is 6.25. The van der Waals surface area contributed by atoms with Crippen LogP contribution in [0.1, 0.15) is 6.92 Å². The predicted molar refractivity (Wildman–Crippen MR) is 81.3 cm³/mol. The Morgan fingerprint density at radius 3 is 2.95 bits per heavy atom. The first-order chi connectivity index (χ1) is 10.0. The predicted octanol–water partition coefficient (Wildman–Crippen LogP) is -0.439. The molecule has 1 aromatic heterocycles. The molecule has 3 N–H and O–H groups in total. The number of carbonyl (C=O) groups excluding carboxylic acids is 1. The third kappa shape index (κ3) is 5.10. The Morgan fingerprint density at radius 1 is 1.62 bits per heavy atom. The van der Waals surface area contributed by atoms with Gasteiger partial charge in [0.05, 0.1) is 31.6 Å². The van der Waals surface area contributed by atoms with Gasteiger partial charge < -0.3 is 20.5 Å². The smallest absolute Gasteiger partial charge is 0.283 e. The van der Waals surface area contributed by atoms with Gasteiger partial charge in [-0.2, -0.15) is 5.10 Å². The number of ether oxygens (including phenoxy) is 1. The summed E-state index contributed by atoms with van der Waals surface area (Å²) in [5.41, 5.74) is 0.0459. The SMILES string of the molecule is COCCNC(=O)C(C)Nc1cnn(CCO)c(=O)c1Br. The van der Waals surface area contributed by atoms with Gasteiger partial charge in [0.1, 0.15) is 10.5 Å². The lowest BCUT2D eigenvalue weighted by molar-refractivity contribution is -0.121. The number of aromatic nitrogens is 2. The van der Waals surface area contributed by atoms with Crippen LogP contribution >= 0.6 is 15.9 Å². The maximum atomic E-state index is 11.9. The lowest BCUT2D eigenvalue weighted by Crippen LogP contribution is -2.39. The van der Waals surface area contributed by atoms with Gasteiger partial charge in [-0.15, -0.1) is 0 Å². The molecule has 0 bridgehead atoms. The molecule has 1 unspecified atom stereocenters. The molecule has 118 valence electrons. The van der Waals surface area contributed by atoms with Crippen molar-refractivity contribution in [2.45, 2.75) is 19.5 Å². The van der Waals surface area contributed by atoms with Gasteiger partial charge in [0.25, 0.3) is 5.56 Å². The highest BCUT2D eigenvalue weighted by Crippen LogP contribution is 2.17. The lowest BCUT2D eigenvalue weighted by atomic mass is 10.3. The van der Waals surface area contributed by atoms with Gasteiger partial charge in [-0.3, -0.25) is 9.59 Å². The molecular formula is C12H19BrN4O4. The highest BCUT2D eigenvalue weighted by atomic mass is 79.9. The molecule has 0 aliphatic heterocycles. The summed E-state index contributed by atoms with van der Waals surface area (Å²) in [5.74, 6) is -0.210. The first-order valence-electron chi connectivity index (χ1n) is 6.41. The minimum absolute atomic E-state index is 0.116. The van der Waals surface area contributed by atoms with Gasteiger partial charge in [0, 0.05) is 13.7 Å². The van der Waals surface area contributed by atoms with Crippen molar-refractivity contribution >= 4 is 27.5 Å². The second kappa shape index (κ2) is 8.75. The third-order valence-electron chi connectivity index (χ3n) is 2.67. The number of halogens is 1. The zero-order chi connectivity index (χ0) is 15.8. The van der Waals surface area contributed by atoms with Gasteiger partial charge in [-0.05, 0) is 22.9 Å². The van der Waals surface area contributed by atoms with Crippen molar-refractivity contribution in [3.8, 4) is 0 Å². The van der Waals surface area contributed by atoms with Crippen LogP contribution in [-0.2, 0) is 16.1 Å². The van der Waals surface area contributed by atoms with Crippen molar-refractivity contribution in [3.05, 3.63) is 21.0 Å². The first kappa shape index (κ1) is 17.6. The Kier molecular flexibility index (Phi) is 7.34. The standard InChI is InChI=1S/C12H19BrN4O4/c1-8(11(19)14-3-6-21-2)16-9-7-15-17(4-5-18)12(20)10(9)13/h7-8,16,18H,3-6H2,1-2H3,(H,14,19). The van der Waals surface area contributed by atoms with Gasteiger partial charge in [-0.25, -0.2) is 4.68 Å². The molecule has 1 heterocycles. The van der Waals surface area contributed by atoms with Crippen molar-refractivity contribution < 1.29 is 14.6 Å². The van der Waals surface area contributed by atoms with Crippen LogP contribution in [-0.4, -0.2) is 53.7 Å². The van der Waals surface area contributed by atoms with E-state index in [1.54, 1.807) is 14.0 Å². The largest absolute Gasteiger partial charge is 0.394 e. The van der Waals surface area contributed by atoms with Crippen molar-refractivity contribution in [2.75, 3.05) is 32.2 Å². The fraction of sp³-hybridized carbons (Fsp3) is 0.583. The maximum absolute atomic E-state index is 11.9. The van der Waals surface area contributed by atoms with Crippen LogP contribution in [0.25, 0.3) is 0 Å². The summed E-state index contributed by atoms with van der Waals surface area (Å²) >= 11 is 3.17. The van der Waals surface area contributed by atoms with E-state index in [1.165, 1.54) is 6.20 Å². The molecule has 0 aromatic carbocycles. The minimum atomic E-state index is -0.534. The van der Waals surface area contributed by atoms with Gasteiger partial charge >= 0.3 is 0 Å². The van der Waals surface area contributed by atoms with E-state index in [4.69, 9.17) is 9.84 Å². The van der Waals surface area contributed by atoms with Crippen molar-refractivity contribution in [1.29, 1.82) is 0 Å². The summed E-state index contributed by atoms with van der Waals surface area (Å²) in [6.45, 7) is 2.46. The molecule has 0 saturated carbocycles. The van der Waals surface area contributed by atoms with E-state index in [0.717, 1.165) is 4.68 Å². The normalized spacial score (nSPS) is 12.0. The molecule has 0 fully saturated rings. The van der Waals surface area contributed by atoms with Crippen LogP contribution in [0.4, 0.5) is 5.69 Å². The maximum Gasteiger partial charge on any atom is 0.283 e. The van der Waals surface area contributed by atoms with E-state index < -0.39 is 6.04 Å². The topological polar surface area (TPSA) is 105 Å². The molecule has 21 heavy (non-hydrogen) atoms. The van der Waals surface area contributed by atoms with Crippen LogP contribution in [0.2, 0.25) is 0 Å². The Balaban J connectivity index is 2.72. The lowest BCUT2D eigenvalue weighted by Gasteiger charge is -2.16. The molecule has 1 aromatic rings. The van der Waals surface area contributed by atoms with E-state index >= 15 is 0 Å². The number of methoxy groups -OCH3 is 1. The molecule has 1 rings (SSSR count). The molecule has 0 radical (unpaired) electrons. The van der Waals surface area contributed by atoms with Crippen LogP contribution in [0.3, 0.4) is 0 Å². The van der Waals surface area contributed by atoms with Crippen LogP contribution in [0.5, 0.6) is 0 Å². The number of aliphatic hydroxyl groups excluding tert-OH is 1. The van der Waals surface area contributed by atoms with Gasteiger partial charge in [0.15, 0.2) is 0 Å². The number of hydrogen-bond donors (Lipinski definition) is 3. The summed E-state index contributed by atoms with van der Waals surface area (Å²) in [4.78, 5) is 23.7. The average molecular weight is 363 g/mol. The zero-order valence-electron chi connectivity index (χ0n) is 11.9. The number of nitrogens with one attached hydrogen (secondary N) is 2. The van der Waals surface area contributed by atoms with E-state index in [2.05, 4.69) is 31.7 Å². The van der Waals surface area contributed by atoms with Crippen LogP contribution in [0, 0.1) is 0 Å². The Morgan fingerprint density at radius 2 is 2.33 bits per heavy atom. The fourth-order valence-electron chi connectivity index (χ4n) is 1.55. The molecule has 0 spiro atoms. The Bertz CT molecular complexity index is 534. The molecule has 0 aliphatic carbocycles. The fourth-order valence-corrected chi connectivity index (χ4v) is 1.97. The molecular weight excluding hydrogens is 344 g/mol. The third-order valence-corrected chi connectivity index (χ3v) is 3.43. The number of rotatable bonds is 8.